The van der Waals surface area contributed by atoms with E-state index in [1.807, 2.05) is 30.5 Å². The van der Waals surface area contributed by atoms with Crippen molar-refractivity contribution in [1.29, 1.82) is 0 Å². The van der Waals surface area contributed by atoms with Crippen LogP contribution in [0.1, 0.15) is 58.4 Å². The Kier molecular flexibility index (Phi) is 8.92. The van der Waals surface area contributed by atoms with E-state index in [1.165, 1.54) is 35.1 Å². The minimum absolute atomic E-state index is 0.137. The lowest BCUT2D eigenvalue weighted by Crippen LogP contribution is -2.17. The zero-order valence-corrected chi connectivity index (χ0v) is 22.9. The van der Waals surface area contributed by atoms with Gasteiger partial charge in [-0.15, -0.1) is 21.5 Å². The molecular weight excluding hydrogens is 520 g/mol. The summed E-state index contributed by atoms with van der Waals surface area (Å²) < 4.78 is 12.8. The van der Waals surface area contributed by atoms with Crippen LogP contribution in [0.3, 0.4) is 0 Å². The number of thioether (sulfide) groups is 1. The number of fused-ring (bicyclic) bond motifs is 1. The minimum Gasteiger partial charge on any atom is -0.486 e. The van der Waals surface area contributed by atoms with Crippen LogP contribution >= 0.6 is 34.7 Å². The fourth-order valence-corrected chi connectivity index (χ4v) is 6.38. The third kappa shape index (κ3) is 6.04. The molecule has 11 heteroatoms. The Labute approximate surface area is 223 Å². The number of hydrogen-bond donors (Lipinski definition) is 1. The molecule has 2 heterocycles. The van der Waals surface area contributed by atoms with Gasteiger partial charge in [-0.3, -0.25) is 4.79 Å². The molecule has 0 aliphatic heterocycles. The maximum absolute atomic E-state index is 12.8. The molecule has 0 bridgehead atoms. The molecule has 8 nitrogen and oxygen atoms in total. The first-order valence-corrected chi connectivity index (χ1v) is 14.1. The van der Waals surface area contributed by atoms with Crippen molar-refractivity contribution in [3.05, 3.63) is 50.6 Å². The van der Waals surface area contributed by atoms with Crippen LogP contribution in [0.15, 0.2) is 23.4 Å². The lowest BCUT2D eigenvalue weighted by Gasteiger charge is -2.10. The van der Waals surface area contributed by atoms with Crippen molar-refractivity contribution in [2.45, 2.75) is 64.3 Å². The van der Waals surface area contributed by atoms with Crippen LogP contribution in [0.4, 0.5) is 5.00 Å². The predicted octanol–water partition coefficient (Wildman–Crippen LogP) is 5.69. The molecule has 0 saturated carbocycles. The molecule has 1 aromatic carbocycles. The zero-order valence-electron chi connectivity index (χ0n) is 20.6. The highest BCUT2D eigenvalue weighted by atomic mass is 35.5. The average molecular weight is 549 g/mol. The van der Waals surface area contributed by atoms with Gasteiger partial charge in [0, 0.05) is 16.4 Å². The van der Waals surface area contributed by atoms with Crippen molar-refractivity contribution < 1.29 is 19.1 Å². The number of hydrogen-bond acceptors (Lipinski definition) is 8. The Hall–Kier alpha value is -2.56. The first kappa shape index (κ1) is 26.5. The molecule has 2 aromatic heterocycles. The maximum Gasteiger partial charge on any atom is 0.341 e. The second-order valence-corrected chi connectivity index (χ2v) is 10.9. The number of ether oxygens (including phenoxy) is 2. The van der Waals surface area contributed by atoms with Crippen LogP contribution < -0.4 is 10.1 Å². The van der Waals surface area contributed by atoms with Crippen LogP contribution in [-0.4, -0.2) is 39.5 Å². The number of carbonyl (C=O) groups is 2. The SMILES string of the molecule is CCn1c(COc2ccc(Cl)c(C)c2)nnc1SCC(=O)Nc1sc2c(c1C(=O)OC)CCCCC2. The van der Waals surface area contributed by atoms with E-state index in [4.69, 9.17) is 21.1 Å². The molecule has 0 saturated heterocycles. The third-order valence-corrected chi connectivity index (χ3v) is 8.60. The van der Waals surface area contributed by atoms with E-state index in [0.717, 1.165) is 43.2 Å². The summed E-state index contributed by atoms with van der Waals surface area (Å²) in [6.45, 7) is 4.80. The van der Waals surface area contributed by atoms with Gasteiger partial charge in [0.05, 0.1) is 18.4 Å². The first-order chi connectivity index (χ1) is 17.4. The van der Waals surface area contributed by atoms with Crippen molar-refractivity contribution in [2.75, 3.05) is 18.2 Å². The number of benzene rings is 1. The molecule has 0 spiro atoms. The number of carbonyl (C=O) groups excluding carboxylic acids is 2. The van der Waals surface area contributed by atoms with Crippen molar-refractivity contribution in [3.63, 3.8) is 0 Å². The quantitative estimate of drug-likeness (QED) is 0.208. The predicted molar refractivity (Wildman–Crippen MR) is 142 cm³/mol. The number of thiophene rings is 1. The number of amides is 1. The second-order valence-electron chi connectivity index (χ2n) is 8.44. The standard InChI is InChI=1S/C25H29ClN4O4S2/c1-4-30-20(13-34-16-10-11-18(26)15(2)12-16)28-29-25(30)35-14-21(31)27-23-22(24(32)33-3)17-8-6-5-7-9-19(17)36-23/h10-12H,4-9,13-14H2,1-3H3,(H,27,31). The fourth-order valence-electron chi connectivity index (χ4n) is 4.15. The number of aryl methyl sites for hydroxylation is 2. The molecule has 1 amide bonds. The topological polar surface area (TPSA) is 95.3 Å². The fraction of sp³-hybridized carbons (Fsp3) is 0.440. The number of aromatic nitrogens is 3. The summed E-state index contributed by atoms with van der Waals surface area (Å²) in [5.74, 6) is 0.901. The van der Waals surface area contributed by atoms with Crippen molar-refractivity contribution in [3.8, 4) is 5.75 Å². The highest BCUT2D eigenvalue weighted by molar-refractivity contribution is 7.99. The normalized spacial score (nSPS) is 13.1. The molecule has 1 N–H and O–H groups in total. The van der Waals surface area contributed by atoms with Gasteiger partial charge in [0.1, 0.15) is 17.4 Å². The largest absolute Gasteiger partial charge is 0.486 e. The molecule has 1 aliphatic carbocycles. The van der Waals surface area contributed by atoms with Crippen LogP contribution in [0, 0.1) is 6.92 Å². The van der Waals surface area contributed by atoms with Crippen LogP contribution in [0.5, 0.6) is 5.75 Å². The van der Waals surface area contributed by atoms with Gasteiger partial charge in [-0.25, -0.2) is 4.79 Å². The molecule has 0 radical (unpaired) electrons. The Morgan fingerprint density at radius 1 is 1.22 bits per heavy atom. The van der Waals surface area contributed by atoms with Crippen molar-refractivity contribution in [1.82, 2.24) is 14.8 Å². The Morgan fingerprint density at radius 2 is 2.03 bits per heavy atom. The molecule has 0 unspecified atom stereocenters. The van der Waals surface area contributed by atoms with E-state index in [0.29, 0.717) is 38.9 Å². The van der Waals surface area contributed by atoms with Gasteiger partial charge in [0.25, 0.3) is 0 Å². The highest BCUT2D eigenvalue weighted by Crippen LogP contribution is 2.38. The van der Waals surface area contributed by atoms with Gasteiger partial charge >= 0.3 is 5.97 Å². The first-order valence-electron chi connectivity index (χ1n) is 11.9. The number of anilines is 1. The smallest absolute Gasteiger partial charge is 0.341 e. The monoisotopic (exact) mass is 548 g/mol. The molecular formula is C25H29ClN4O4S2. The van der Waals surface area contributed by atoms with Gasteiger partial charge in [0.2, 0.25) is 5.91 Å². The molecule has 4 rings (SSSR count). The van der Waals surface area contributed by atoms with E-state index in [-0.39, 0.29) is 18.3 Å². The molecule has 0 atom stereocenters. The van der Waals surface area contributed by atoms with Gasteiger partial charge in [-0.2, -0.15) is 0 Å². The van der Waals surface area contributed by atoms with Crippen LogP contribution in [0.25, 0.3) is 0 Å². The Morgan fingerprint density at radius 3 is 2.78 bits per heavy atom. The van der Waals surface area contributed by atoms with Gasteiger partial charge in [-0.05, 0) is 68.9 Å². The van der Waals surface area contributed by atoms with E-state index >= 15 is 0 Å². The zero-order chi connectivity index (χ0) is 25.7. The second kappa shape index (κ2) is 12.1. The molecule has 36 heavy (non-hydrogen) atoms. The summed E-state index contributed by atoms with van der Waals surface area (Å²) >= 11 is 8.87. The average Bonchev–Trinajstić information content (AvgIpc) is 3.34. The van der Waals surface area contributed by atoms with E-state index in [9.17, 15) is 9.59 Å². The van der Waals surface area contributed by atoms with Gasteiger partial charge < -0.3 is 19.4 Å². The van der Waals surface area contributed by atoms with Crippen molar-refractivity contribution >= 4 is 51.6 Å². The number of esters is 1. The van der Waals surface area contributed by atoms with E-state index in [1.54, 1.807) is 6.07 Å². The minimum atomic E-state index is -0.399. The lowest BCUT2D eigenvalue weighted by atomic mass is 10.1. The summed E-state index contributed by atoms with van der Waals surface area (Å²) in [5, 5.41) is 13.3. The summed E-state index contributed by atoms with van der Waals surface area (Å²) in [6.07, 6.45) is 5.03. The highest BCUT2D eigenvalue weighted by Gasteiger charge is 2.26. The molecule has 1 aliphatic rings. The van der Waals surface area contributed by atoms with Gasteiger partial charge in [-0.1, -0.05) is 29.8 Å². The van der Waals surface area contributed by atoms with E-state index in [2.05, 4.69) is 15.5 Å². The molecule has 192 valence electrons. The number of nitrogens with zero attached hydrogens (tertiary/aromatic N) is 3. The summed E-state index contributed by atoms with van der Waals surface area (Å²) in [4.78, 5) is 26.5. The van der Waals surface area contributed by atoms with E-state index < -0.39 is 5.97 Å². The van der Waals surface area contributed by atoms with Crippen LogP contribution in [0.2, 0.25) is 5.02 Å². The summed E-state index contributed by atoms with van der Waals surface area (Å²) in [6, 6.07) is 5.49. The third-order valence-electron chi connectivity index (χ3n) is 6.00. The van der Waals surface area contributed by atoms with Crippen LogP contribution in [-0.2, 0) is 35.5 Å². The number of halogens is 1. The molecule has 3 aromatic rings. The Balaban J connectivity index is 1.40. The number of rotatable bonds is 9. The lowest BCUT2D eigenvalue weighted by molar-refractivity contribution is -0.113. The summed E-state index contributed by atoms with van der Waals surface area (Å²) in [7, 11) is 1.37. The Bertz CT molecular complexity index is 1260. The van der Waals surface area contributed by atoms with Crippen molar-refractivity contribution in [2.24, 2.45) is 0 Å². The number of nitrogens with one attached hydrogen (secondary N) is 1. The number of methoxy groups -OCH3 is 1. The maximum atomic E-state index is 12.8. The summed E-state index contributed by atoms with van der Waals surface area (Å²) in [5.41, 5.74) is 2.47. The molecule has 0 fully saturated rings. The van der Waals surface area contributed by atoms with Gasteiger partial charge in [0.15, 0.2) is 11.0 Å².